The molecule has 0 aromatic heterocycles. The van der Waals surface area contributed by atoms with Gasteiger partial charge >= 0.3 is 0 Å². The third kappa shape index (κ3) is 1.34. The SMILES string of the molecule is Cc1[c-]cc(C2(N)COC2)c(C)c1.[Rf]. The normalized spacial score (nSPS) is 18.2. The summed E-state index contributed by atoms with van der Waals surface area (Å²) < 4.78 is 5.14. The molecule has 14 heavy (non-hydrogen) atoms. The molecule has 0 aliphatic carbocycles. The second kappa shape index (κ2) is 3.13. The van der Waals surface area contributed by atoms with Gasteiger partial charge in [-0.2, -0.15) is 29.3 Å². The molecule has 2 N–H and O–H groups in total. The Bertz CT molecular complexity index is 334. The zero-order valence-corrected chi connectivity index (χ0v) is 15.2. The average Bonchev–Trinajstić information content (AvgIpc) is 2.00. The van der Waals surface area contributed by atoms with Crippen LogP contribution in [-0.4, -0.2) is 13.2 Å². The van der Waals surface area contributed by atoms with Crippen molar-refractivity contribution in [1.29, 1.82) is 0 Å². The van der Waals surface area contributed by atoms with Gasteiger partial charge in [-0.05, 0) is 0 Å². The van der Waals surface area contributed by atoms with E-state index in [1.807, 2.05) is 13.0 Å². The Morgan fingerprint density at radius 1 is 1.43 bits per heavy atom. The summed E-state index contributed by atoms with van der Waals surface area (Å²) in [5, 5.41) is 0. The van der Waals surface area contributed by atoms with Crippen LogP contribution in [0.4, 0.5) is 0 Å². The van der Waals surface area contributed by atoms with E-state index in [1.54, 1.807) is 0 Å². The summed E-state index contributed by atoms with van der Waals surface area (Å²) >= 11 is 0. The minimum absolute atomic E-state index is 0. The molecule has 72 valence electrons. The Morgan fingerprint density at radius 3 is 2.50 bits per heavy atom. The predicted octanol–water partition coefficient (Wildman–Crippen LogP) is 1.29. The first-order valence-electron chi connectivity index (χ1n) is 4.48. The smallest absolute Gasteiger partial charge is 0.0602 e. The summed E-state index contributed by atoms with van der Waals surface area (Å²) in [6.45, 7) is 5.38. The number of aryl methyl sites for hydroxylation is 2. The molecule has 1 saturated heterocycles. The summed E-state index contributed by atoms with van der Waals surface area (Å²) in [4.78, 5) is 0. The topological polar surface area (TPSA) is 35.2 Å². The molecule has 1 aromatic rings. The molecule has 0 bridgehead atoms. The van der Waals surface area contributed by atoms with E-state index in [1.165, 1.54) is 11.1 Å². The van der Waals surface area contributed by atoms with Crippen molar-refractivity contribution < 1.29 is 4.74 Å². The zero-order valence-electron chi connectivity index (χ0n) is 8.76. The van der Waals surface area contributed by atoms with Gasteiger partial charge in [0.25, 0.3) is 0 Å². The number of hydrogen-bond donors (Lipinski definition) is 1. The number of ether oxygens (including phenoxy) is 1. The van der Waals surface area contributed by atoms with Gasteiger partial charge in [0, 0.05) is 5.54 Å². The van der Waals surface area contributed by atoms with Crippen molar-refractivity contribution in [2.75, 3.05) is 13.2 Å². The van der Waals surface area contributed by atoms with Crippen molar-refractivity contribution >= 4 is 0 Å². The Morgan fingerprint density at radius 2 is 2.07 bits per heavy atom. The monoisotopic (exact) mass is 443 g/mol. The fraction of sp³-hybridized carbons (Fsp3) is 0.455. The van der Waals surface area contributed by atoms with Gasteiger partial charge in [0.1, 0.15) is 0 Å². The minimum Gasteiger partial charge on any atom is -0.379 e. The largest absolute Gasteiger partial charge is 0.379 e. The van der Waals surface area contributed by atoms with Crippen LogP contribution in [0.5, 0.6) is 0 Å². The van der Waals surface area contributed by atoms with Crippen LogP contribution in [-0.2, 0) is 10.3 Å². The van der Waals surface area contributed by atoms with E-state index in [9.17, 15) is 0 Å². The molecule has 0 amide bonds. The van der Waals surface area contributed by atoms with Crippen LogP contribution < -0.4 is 5.73 Å². The molecule has 1 heterocycles. The summed E-state index contributed by atoms with van der Waals surface area (Å²) in [6, 6.07) is 7.29. The van der Waals surface area contributed by atoms with Gasteiger partial charge in [-0.3, -0.25) is 0 Å². The molecule has 3 heteroatoms. The third-order valence-corrected chi connectivity index (χ3v) is 2.56. The van der Waals surface area contributed by atoms with Crippen LogP contribution in [0.2, 0.25) is 0 Å². The molecule has 1 aromatic carbocycles. The first kappa shape index (κ1) is 10.2. The van der Waals surface area contributed by atoms with Crippen LogP contribution in [0.15, 0.2) is 12.1 Å². The maximum Gasteiger partial charge on any atom is 0.0602 e. The van der Waals surface area contributed by atoms with Crippen LogP contribution in [0.1, 0.15) is 16.7 Å². The fourth-order valence-corrected chi connectivity index (χ4v) is 1.76. The van der Waals surface area contributed by atoms with Gasteiger partial charge < -0.3 is 10.5 Å². The number of hydrogen-bond acceptors (Lipinski definition) is 2. The average molecular weight is 443 g/mol. The van der Waals surface area contributed by atoms with Crippen molar-refractivity contribution in [1.82, 2.24) is 0 Å². The summed E-state index contributed by atoms with van der Waals surface area (Å²) in [6.07, 6.45) is 0. The van der Waals surface area contributed by atoms with Crippen molar-refractivity contribution in [3.8, 4) is 0 Å². The van der Waals surface area contributed by atoms with Crippen molar-refractivity contribution in [2.45, 2.75) is 19.4 Å². The third-order valence-electron chi connectivity index (χ3n) is 2.56. The van der Waals surface area contributed by atoms with Gasteiger partial charge in [-0.1, -0.05) is 13.8 Å². The van der Waals surface area contributed by atoms with Gasteiger partial charge in [0.15, 0.2) is 0 Å². The van der Waals surface area contributed by atoms with Crippen molar-refractivity contribution in [3.63, 3.8) is 0 Å². The van der Waals surface area contributed by atoms with E-state index < -0.39 is 0 Å². The molecule has 1 aliphatic heterocycles. The molecule has 1 fully saturated rings. The molecule has 0 saturated carbocycles. The van der Waals surface area contributed by atoms with Gasteiger partial charge in [0.05, 0.1) is 13.2 Å². The fourth-order valence-electron chi connectivity index (χ4n) is 1.76. The Kier molecular flexibility index (Phi) is 2.28. The molecule has 0 spiro atoms. The summed E-state index contributed by atoms with van der Waals surface area (Å²) in [5.41, 5.74) is 9.44. The van der Waals surface area contributed by atoms with E-state index in [-0.39, 0.29) is 5.54 Å². The zero-order chi connectivity index (χ0) is 9.47. The Balaban J connectivity index is 0.000000980. The second-order valence-electron chi connectivity index (χ2n) is 3.86. The quantitative estimate of drug-likeness (QED) is 0.665. The van der Waals surface area contributed by atoms with Gasteiger partial charge in [-0.15, -0.1) is 5.56 Å². The molecule has 0 unspecified atom stereocenters. The Labute approximate surface area is 78.7 Å². The molecule has 1 aliphatic rings. The van der Waals surface area contributed by atoms with Crippen LogP contribution >= 0.6 is 0 Å². The van der Waals surface area contributed by atoms with Crippen molar-refractivity contribution in [2.24, 2.45) is 5.73 Å². The van der Waals surface area contributed by atoms with Crippen molar-refractivity contribution in [3.05, 3.63) is 34.9 Å². The molecule has 0 radical (unpaired) electrons. The van der Waals surface area contributed by atoms with Crippen LogP contribution in [0.3, 0.4) is 0 Å². The minimum atomic E-state index is -0.256. The second-order valence-corrected chi connectivity index (χ2v) is 3.86. The molecule has 0 atom stereocenters. The molecular weight excluding hydrogens is 429 g/mol. The van der Waals surface area contributed by atoms with E-state index in [4.69, 9.17) is 10.5 Å². The van der Waals surface area contributed by atoms with E-state index in [2.05, 4.69) is 19.1 Å². The number of benzene rings is 1. The first-order chi connectivity index (χ1) is 6.12. The van der Waals surface area contributed by atoms with E-state index in [0.29, 0.717) is 13.2 Å². The summed E-state index contributed by atoms with van der Waals surface area (Å²) in [5.74, 6) is 0. The molecular formula is C11H14NORf-. The van der Waals surface area contributed by atoms with E-state index in [0.717, 1.165) is 5.56 Å². The predicted molar refractivity (Wildman–Crippen MR) is 51.4 cm³/mol. The van der Waals surface area contributed by atoms with Gasteiger partial charge in [-0.25, -0.2) is 0 Å². The first-order valence-corrected chi connectivity index (χ1v) is 4.48. The maximum absolute atomic E-state index is 6.13. The number of nitrogens with two attached hydrogens (primary N) is 1. The Hall–Kier alpha value is -1.86. The maximum atomic E-state index is 6.13. The van der Waals surface area contributed by atoms with Crippen LogP contribution in [0.25, 0.3) is 0 Å². The number of rotatable bonds is 1. The summed E-state index contributed by atoms with van der Waals surface area (Å²) in [7, 11) is 0. The molecule has 2 rings (SSSR count). The van der Waals surface area contributed by atoms with E-state index >= 15 is 0 Å². The molecule has 2 nitrogen and oxygen atoms in total. The standard InChI is InChI=1S/C11H14NO.Rf/c1-8-3-4-10(9(2)5-8)11(12)6-13-7-11;/h4-5H,6-7,12H2,1-2H3;/q-1;. The van der Waals surface area contributed by atoms with Crippen LogP contribution in [0, 0.1) is 19.9 Å². The van der Waals surface area contributed by atoms with Gasteiger partial charge in [0.2, 0.25) is 0 Å².